The topological polar surface area (TPSA) is 84.2 Å². The highest BCUT2D eigenvalue weighted by atomic mass is 35.5. The van der Waals surface area contributed by atoms with E-state index in [0.717, 1.165) is 19.3 Å². The van der Waals surface area contributed by atoms with Gasteiger partial charge in [-0.1, -0.05) is 13.3 Å². The van der Waals surface area contributed by atoms with Crippen LogP contribution in [0.25, 0.3) is 0 Å². The van der Waals surface area contributed by atoms with Crippen molar-refractivity contribution in [1.82, 2.24) is 10.6 Å². The van der Waals surface area contributed by atoms with E-state index in [1.807, 2.05) is 6.92 Å². The van der Waals surface area contributed by atoms with Gasteiger partial charge in [-0.15, -0.1) is 12.4 Å². The molecule has 0 saturated heterocycles. The molecule has 4 N–H and O–H groups in total. The van der Waals surface area contributed by atoms with Gasteiger partial charge in [0.05, 0.1) is 0 Å². The van der Waals surface area contributed by atoms with E-state index in [-0.39, 0.29) is 30.1 Å². The molecule has 0 radical (unpaired) electrons. The lowest BCUT2D eigenvalue weighted by atomic mass is 9.65. The van der Waals surface area contributed by atoms with E-state index >= 15 is 0 Å². The smallest absolute Gasteiger partial charge is 0.223 e. The van der Waals surface area contributed by atoms with Crippen molar-refractivity contribution < 1.29 is 9.59 Å². The molecule has 5 nitrogen and oxygen atoms in total. The van der Waals surface area contributed by atoms with Gasteiger partial charge in [0.2, 0.25) is 11.8 Å². The molecule has 128 valence electrons. The summed E-state index contributed by atoms with van der Waals surface area (Å²) in [6.45, 7) is 3.16. The Morgan fingerprint density at radius 3 is 2.32 bits per heavy atom. The molecule has 0 heterocycles. The Hall–Kier alpha value is -0.810. The molecular weight excluding hydrogens is 302 g/mol. The molecule has 2 fully saturated rings. The third-order valence-electron chi connectivity index (χ3n) is 5.01. The van der Waals surface area contributed by atoms with Gasteiger partial charge in [0.15, 0.2) is 0 Å². The van der Waals surface area contributed by atoms with Crippen LogP contribution in [0, 0.1) is 17.8 Å². The van der Waals surface area contributed by atoms with Crippen molar-refractivity contribution in [3.63, 3.8) is 0 Å². The van der Waals surface area contributed by atoms with Crippen LogP contribution in [0.15, 0.2) is 0 Å². The minimum atomic E-state index is 0. The summed E-state index contributed by atoms with van der Waals surface area (Å²) in [5.41, 5.74) is 6.25. The summed E-state index contributed by atoms with van der Waals surface area (Å²) in [5, 5.41) is 5.74. The summed E-state index contributed by atoms with van der Waals surface area (Å²) in [4.78, 5) is 23.7. The Morgan fingerprint density at radius 2 is 1.73 bits per heavy atom. The van der Waals surface area contributed by atoms with Gasteiger partial charge < -0.3 is 16.4 Å². The van der Waals surface area contributed by atoms with Crippen LogP contribution in [0.4, 0.5) is 0 Å². The van der Waals surface area contributed by atoms with Crippen molar-refractivity contribution in [3.05, 3.63) is 0 Å². The predicted octanol–water partition coefficient (Wildman–Crippen LogP) is 1.59. The van der Waals surface area contributed by atoms with E-state index in [4.69, 9.17) is 5.73 Å². The third-order valence-corrected chi connectivity index (χ3v) is 5.01. The number of nitrogens with one attached hydrogen (secondary N) is 2. The molecule has 2 rings (SSSR count). The standard InChI is InChI=1S/C16H29N3O2.ClH/c1-2-7-18-14(20)6-8-19-16(21)13-9-11-4-3-5-12(10-13)15(11)17;/h11-13,15H,2-10,17H2,1H3,(H,18,20)(H,19,21);1H. The molecule has 2 unspecified atom stereocenters. The first-order chi connectivity index (χ1) is 10.1. The largest absolute Gasteiger partial charge is 0.356 e. The fourth-order valence-electron chi connectivity index (χ4n) is 3.80. The van der Waals surface area contributed by atoms with Crippen molar-refractivity contribution in [2.24, 2.45) is 23.5 Å². The normalized spacial score (nSPS) is 30.1. The average molecular weight is 332 g/mol. The molecule has 0 aliphatic heterocycles. The van der Waals surface area contributed by atoms with Gasteiger partial charge in [-0.05, 0) is 43.9 Å². The molecule has 2 amide bonds. The number of fused-ring (bicyclic) bond motifs is 2. The van der Waals surface area contributed by atoms with Crippen LogP contribution in [0.3, 0.4) is 0 Å². The number of hydrogen-bond donors (Lipinski definition) is 3. The lowest BCUT2D eigenvalue weighted by Gasteiger charge is -2.43. The number of nitrogens with two attached hydrogens (primary N) is 1. The molecule has 2 saturated carbocycles. The van der Waals surface area contributed by atoms with Gasteiger partial charge in [-0.3, -0.25) is 9.59 Å². The zero-order valence-electron chi connectivity index (χ0n) is 13.5. The van der Waals surface area contributed by atoms with Gasteiger partial charge in [-0.25, -0.2) is 0 Å². The van der Waals surface area contributed by atoms with Crippen molar-refractivity contribution in [1.29, 1.82) is 0 Å². The first-order valence-electron chi connectivity index (χ1n) is 8.41. The predicted molar refractivity (Wildman–Crippen MR) is 89.7 cm³/mol. The minimum absolute atomic E-state index is 0. The van der Waals surface area contributed by atoms with Crippen LogP contribution in [-0.2, 0) is 9.59 Å². The molecule has 0 aromatic carbocycles. The molecule has 0 aromatic rings. The number of amides is 2. The van der Waals surface area contributed by atoms with Crippen LogP contribution in [0.2, 0.25) is 0 Å². The van der Waals surface area contributed by atoms with E-state index in [1.54, 1.807) is 0 Å². The zero-order chi connectivity index (χ0) is 15.2. The second-order valence-corrected chi connectivity index (χ2v) is 6.59. The highest BCUT2D eigenvalue weighted by molar-refractivity contribution is 5.85. The van der Waals surface area contributed by atoms with Crippen molar-refractivity contribution in [2.75, 3.05) is 13.1 Å². The van der Waals surface area contributed by atoms with Crippen LogP contribution in [-0.4, -0.2) is 30.9 Å². The average Bonchev–Trinajstić information content (AvgIpc) is 2.44. The first-order valence-corrected chi connectivity index (χ1v) is 8.41. The molecular formula is C16H30ClN3O2. The van der Waals surface area contributed by atoms with Crippen LogP contribution in [0.5, 0.6) is 0 Å². The van der Waals surface area contributed by atoms with Gasteiger partial charge in [0.1, 0.15) is 0 Å². The highest BCUT2D eigenvalue weighted by Crippen LogP contribution is 2.41. The summed E-state index contributed by atoms with van der Waals surface area (Å²) >= 11 is 0. The van der Waals surface area contributed by atoms with Gasteiger partial charge in [0, 0.05) is 31.5 Å². The van der Waals surface area contributed by atoms with Crippen LogP contribution < -0.4 is 16.4 Å². The summed E-state index contributed by atoms with van der Waals surface area (Å²) < 4.78 is 0. The summed E-state index contributed by atoms with van der Waals surface area (Å²) in [6.07, 6.45) is 6.74. The fourth-order valence-corrected chi connectivity index (χ4v) is 3.80. The number of carbonyl (C=O) groups is 2. The molecule has 2 bridgehead atoms. The molecule has 22 heavy (non-hydrogen) atoms. The van der Waals surface area contributed by atoms with Gasteiger partial charge in [-0.2, -0.15) is 0 Å². The maximum Gasteiger partial charge on any atom is 0.223 e. The Labute approximate surface area is 139 Å². The Balaban J connectivity index is 0.00000242. The number of hydrogen-bond acceptors (Lipinski definition) is 3. The maximum atomic E-state index is 12.2. The molecule has 6 heteroatoms. The summed E-state index contributed by atoms with van der Waals surface area (Å²) in [5.74, 6) is 1.25. The summed E-state index contributed by atoms with van der Waals surface area (Å²) in [6, 6.07) is 0.294. The Morgan fingerprint density at radius 1 is 1.09 bits per heavy atom. The highest BCUT2D eigenvalue weighted by Gasteiger charge is 2.40. The summed E-state index contributed by atoms with van der Waals surface area (Å²) in [7, 11) is 0. The fraction of sp³-hybridized carbons (Fsp3) is 0.875. The second kappa shape index (κ2) is 9.36. The van der Waals surface area contributed by atoms with E-state index in [0.29, 0.717) is 37.4 Å². The van der Waals surface area contributed by atoms with Crippen molar-refractivity contribution in [3.8, 4) is 0 Å². The maximum absolute atomic E-state index is 12.2. The number of carbonyl (C=O) groups excluding carboxylic acids is 2. The van der Waals surface area contributed by atoms with E-state index in [1.165, 1.54) is 19.3 Å². The van der Waals surface area contributed by atoms with Gasteiger partial charge >= 0.3 is 0 Å². The van der Waals surface area contributed by atoms with Gasteiger partial charge in [0.25, 0.3) is 0 Å². The van der Waals surface area contributed by atoms with E-state index < -0.39 is 0 Å². The lowest BCUT2D eigenvalue weighted by Crippen LogP contribution is -2.49. The quantitative estimate of drug-likeness (QED) is 0.691. The molecule has 2 atom stereocenters. The molecule has 0 aromatic heterocycles. The monoisotopic (exact) mass is 331 g/mol. The van der Waals surface area contributed by atoms with E-state index in [9.17, 15) is 9.59 Å². The second-order valence-electron chi connectivity index (χ2n) is 6.59. The first kappa shape index (κ1) is 19.2. The molecule has 2 aliphatic carbocycles. The van der Waals surface area contributed by atoms with E-state index in [2.05, 4.69) is 10.6 Å². The van der Waals surface area contributed by atoms with Crippen molar-refractivity contribution in [2.45, 2.75) is 57.9 Å². The molecule has 2 aliphatic rings. The third kappa shape index (κ3) is 5.13. The zero-order valence-corrected chi connectivity index (χ0v) is 14.3. The Kier molecular flexibility index (Phi) is 8.18. The van der Waals surface area contributed by atoms with Crippen molar-refractivity contribution >= 4 is 24.2 Å². The molecule has 0 spiro atoms. The lowest BCUT2D eigenvalue weighted by molar-refractivity contribution is -0.128. The number of halogens is 1. The van der Waals surface area contributed by atoms with Crippen LogP contribution >= 0.6 is 12.4 Å². The SMILES string of the molecule is CCCNC(=O)CCNC(=O)C1CC2CCCC(C1)C2N.Cl. The number of rotatable bonds is 6. The minimum Gasteiger partial charge on any atom is -0.356 e. The Bertz CT molecular complexity index is 364. The van der Waals surface area contributed by atoms with Crippen LogP contribution in [0.1, 0.15) is 51.9 Å².